The molecule has 1 atom stereocenters. The number of hydrogen-bond donors (Lipinski definition) is 2. The highest BCUT2D eigenvalue weighted by Crippen LogP contribution is 2.28. The first-order valence-corrected chi connectivity index (χ1v) is 5.50. The van der Waals surface area contributed by atoms with Crippen LogP contribution in [0.15, 0.2) is 18.2 Å². The van der Waals surface area contributed by atoms with E-state index in [-0.39, 0.29) is 5.02 Å². The number of amides is 1. The second-order valence-electron chi connectivity index (χ2n) is 3.74. The maximum atomic E-state index is 11.3. The minimum atomic E-state index is -1.53. The van der Waals surface area contributed by atoms with Crippen LogP contribution in [0.1, 0.15) is 19.4 Å². The first-order valence-electron chi connectivity index (χ1n) is 4.75. The van der Waals surface area contributed by atoms with Crippen molar-refractivity contribution in [3.63, 3.8) is 0 Å². The number of carboxylic acid groups (broad SMARTS) is 1. The zero-order valence-corrected chi connectivity index (χ0v) is 10.8. The molecule has 4 nitrogen and oxygen atoms in total. The van der Waals surface area contributed by atoms with Crippen molar-refractivity contribution in [2.24, 2.45) is 0 Å². The Kier molecular flexibility index (Phi) is 4.01. The number of rotatable bonds is 3. The van der Waals surface area contributed by atoms with Gasteiger partial charge in [0.1, 0.15) is 0 Å². The third kappa shape index (κ3) is 2.90. The molecule has 1 aromatic carbocycles. The molecule has 0 bridgehead atoms. The van der Waals surface area contributed by atoms with Crippen LogP contribution in [0.3, 0.4) is 0 Å². The summed E-state index contributed by atoms with van der Waals surface area (Å²) in [6, 6.07) is 4.43. The number of hydrogen-bond acceptors (Lipinski definition) is 2. The SMILES string of the molecule is CC(=O)N[C@@](C)(C(=O)O)c1ccc(Cl)c(Cl)c1. The molecule has 2 N–H and O–H groups in total. The quantitative estimate of drug-likeness (QED) is 0.891. The lowest BCUT2D eigenvalue weighted by Gasteiger charge is -2.26. The number of halogens is 2. The van der Waals surface area contributed by atoms with E-state index >= 15 is 0 Å². The fraction of sp³-hybridized carbons (Fsp3) is 0.273. The molecule has 0 aliphatic heterocycles. The molecule has 0 heterocycles. The monoisotopic (exact) mass is 275 g/mol. The molecule has 0 aliphatic carbocycles. The summed E-state index contributed by atoms with van der Waals surface area (Å²) in [6.07, 6.45) is 0. The number of aliphatic carboxylic acids is 1. The van der Waals surface area contributed by atoms with E-state index in [1.54, 1.807) is 0 Å². The average Bonchev–Trinajstić information content (AvgIpc) is 2.20. The Bertz CT molecular complexity index is 476. The van der Waals surface area contributed by atoms with E-state index < -0.39 is 17.4 Å². The molecule has 6 heteroatoms. The van der Waals surface area contributed by atoms with Crippen LogP contribution in [-0.2, 0) is 15.1 Å². The fourth-order valence-electron chi connectivity index (χ4n) is 1.41. The van der Waals surface area contributed by atoms with Crippen molar-refractivity contribution < 1.29 is 14.7 Å². The van der Waals surface area contributed by atoms with E-state index in [2.05, 4.69) is 5.32 Å². The second kappa shape index (κ2) is 4.94. The molecule has 0 fully saturated rings. The number of nitrogens with one attached hydrogen (secondary N) is 1. The second-order valence-corrected chi connectivity index (χ2v) is 4.55. The molecule has 0 spiro atoms. The van der Waals surface area contributed by atoms with E-state index in [4.69, 9.17) is 23.2 Å². The van der Waals surface area contributed by atoms with Crippen molar-refractivity contribution in [1.82, 2.24) is 5.32 Å². The third-order valence-corrected chi connectivity index (χ3v) is 3.09. The molecule has 1 rings (SSSR count). The summed E-state index contributed by atoms with van der Waals surface area (Å²) in [6.45, 7) is 2.63. The average molecular weight is 276 g/mol. The predicted molar refractivity (Wildman–Crippen MR) is 65.3 cm³/mol. The van der Waals surface area contributed by atoms with Crippen LogP contribution in [0.4, 0.5) is 0 Å². The van der Waals surface area contributed by atoms with Crippen molar-refractivity contribution in [3.8, 4) is 0 Å². The zero-order chi connectivity index (χ0) is 13.2. The highest BCUT2D eigenvalue weighted by molar-refractivity contribution is 6.42. The largest absolute Gasteiger partial charge is 0.479 e. The Balaban J connectivity index is 3.27. The molecular formula is C11H11Cl2NO3. The molecule has 0 unspecified atom stereocenters. The van der Waals surface area contributed by atoms with Crippen molar-refractivity contribution in [2.45, 2.75) is 19.4 Å². The molecule has 0 saturated carbocycles. The van der Waals surface area contributed by atoms with Gasteiger partial charge in [0.25, 0.3) is 0 Å². The van der Waals surface area contributed by atoms with E-state index in [1.165, 1.54) is 32.0 Å². The van der Waals surface area contributed by atoms with Crippen LogP contribution in [0.25, 0.3) is 0 Å². The minimum Gasteiger partial charge on any atom is -0.479 e. The maximum Gasteiger partial charge on any atom is 0.333 e. The van der Waals surface area contributed by atoms with Crippen LogP contribution < -0.4 is 5.32 Å². The number of carboxylic acids is 1. The summed E-state index contributed by atoms with van der Waals surface area (Å²) in [5.41, 5.74) is -1.17. The van der Waals surface area contributed by atoms with Gasteiger partial charge >= 0.3 is 5.97 Å². The van der Waals surface area contributed by atoms with Crippen LogP contribution in [0, 0.1) is 0 Å². The molecule has 0 radical (unpaired) electrons. The Morgan fingerprint density at radius 1 is 1.29 bits per heavy atom. The minimum absolute atomic E-state index is 0.238. The summed E-state index contributed by atoms with van der Waals surface area (Å²) in [4.78, 5) is 22.3. The van der Waals surface area contributed by atoms with E-state index in [0.29, 0.717) is 10.6 Å². The zero-order valence-electron chi connectivity index (χ0n) is 9.25. The number of carbonyl (C=O) groups is 2. The fourth-order valence-corrected chi connectivity index (χ4v) is 1.71. The van der Waals surface area contributed by atoms with Gasteiger partial charge in [0.2, 0.25) is 5.91 Å². The highest BCUT2D eigenvalue weighted by atomic mass is 35.5. The molecule has 0 saturated heterocycles. The topological polar surface area (TPSA) is 66.4 Å². The van der Waals surface area contributed by atoms with E-state index in [1.807, 2.05) is 0 Å². The normalized spacial score (nSPS) is 13.9. The van der Waals surface area contributed by atoms with Crippen molar-refractivity contribution in [1.29, 1.82) is 0 Å². The van der Waals surface area contributed by atoms with Crippen LogP contribution in [0.5, 0.6) is 0 Å². The van der Waals surface area contributed by atoms with E-state index in [9.17, 15) is 14.7 Å². The highest BCUT2D eigenvalue weighted by Gasteiger charge is 2.36. The molecule has 1 aromatic rings. The van der Waals surface area contributed by atoms with Crippen LogP contribution in [-0.4, -0.2) is 17.0 Å². The van der Waals surface area contributed by atoms with Gasteiger partial charge in [0.05, 0.1) is 10.0 Å². The molecule has 1 amide bonds. The lowest BCUT2D eigenvalue weighted by molar-refractivity contribution is -0.147. The van der Waals surface area contributed by atoms with Gasteiger partial charge in [0.15, 0.2) is 5.54 Å². The third-order valence-electron chi connectivity index (χ3n) is 2.35. The summed E-state index contributed by atoms with van der Waals surface area (Å²) >= 11 is 11.6. The lowest BCUT2D eigenvalue weighted by atomic mass is 9.92. The lowest BCUT2D eigenvalue weighted by Crippen LogP contribution is -2.48. The number of carbonyl (C=O) groups excluding carboxylic acids is 1. The van der Waals surface area contributed by atoms with Crippen molar-refractivity contribution in [3.05, 3.63) is 33.8 Å². The van der Waals surface area contributed by atoms with Gasteiger partial charge < -0.3 is 10.4 Å². The molecule has 92 valence electrons. The van der Waals surface area contributed by atoms with Gasteiger partial charge in [-0.05, 0) is 24.6 Å². The Labute approximate surface area is 109 Å². The Morgan fingerprint density at radius 3 is 2.29 bits per heavy atom. The summed E-state index contributed by atoms with van der Waals surface area (Å²) in [7, 11) is 0. The van der Waals surface area contributed by atoms with Gasteiger partial charge in [0, 0.05) is 6.92 Å². The standard InChI is InChI=1S/C11H11Cl2NO3/c1-6(15)14-11(2,10(16)17)7-3-4-8(12)9(13)5-7/h3-5H,1-2H3,(H,14,15)(H,16,17)/t11-/m1/s1. The van der Waals surface area contributed by atoms with Gasteiger partial charge in [-0.1, -0.05) is 29.3 Å². The predicted octanol–water partition coefficient (Wildman–Crippen LogP) is 2.43. The van der Waals surface area contributed by atoms with Crippen LogP contribution >= 0.6 is 23.2 Å². The molecule has 17 heavy (non-hydrogen) atoms. The number of benzene rings is 1. The summed E-state index contributed by atoms with van der Waals surface area (Å²) < 4.78 is 0. The van der Waals surface area contributed by atoms with Gasteiger partial charge in [-0.3, -0.25) is 4.79 Å². The Hall–Kier alpha value is -1.26. The van der Waals surface area contributed by atoms with E-state index in [0.717, 1.165) is 0 Å². The first-order chi connectivity index (χ1) is 7.77. The van der Waals surface area contributed by atoms with Gasteiger partial charge in [-0.2, -0.15) is 0 Å². The van der Waals surface area contributed by atoms with Gasteiger partial charge in [-0.15, -0.1) is 0 Å². The molecular weight excluding hydrogens is 265 g/mol. The summed E-state index contributed by atoms with van der Waals surface area (Å²) in [5.74, 6) is -1.62. The summed E-state index contributed by atoms with van der Waals surface area (Å²) in [5, 5.41) is 12.1. The molecule has 0 aliphatic rings. The smallest absolute Gasteiger partial charge is 0.333 e. The maximum absolute atomic E-state index is 11.3. The van der Waals surface area contributed by atoms with Crippen molar-refractivity contribution in [2.75, 3.05) is 0 Å². The van der Waals surface area contributed by atoms with Gasteiger partial charge in [-0.25, -0.2) is 4.79 Å². The first kappa shape index (κ1) is 13.8. The van der Waals surface area contributed by atoms with Crippen molar-refractivity contribution >= 4 is 35.1 Å². The Morgan fingerprint density at radius 2 is 1.88 bits per heavy atom. The van der Waals surface area contributed by atoms with Crippen LogP contribution in [0.2, 0.25) is 10.0 Å². The molecule has 0 aromatic heterocycles.